The number of hydrogen-bond acceptors (Lipinski definition) is 3. The molecule has 3 heteroatoms. The van der Waals surface area contributed by atoms with E-state index >= 15 is 0 Å². The molecule has 17 heavy (non-hydrogen) atoms. The lowest BCUT2D eigenvalue weighted by Gasteiger charge is -2.31. The van der Waals surface area contributed by atoms with Gasteiger partial charge in [0.15, 0.2) is 0 Å². The van der Waals surface area contributed by atoms with Gasteiger partial charge in [-0.15, -0.1) is 11.3 Å². The maximum absolute atomic E-state index is 6.22. The molecule has 0 bridgehead atoms. The van der Waals surface area contributed by atoms with Gasteiger partial charge in [0.1, 0.15) is 0 Å². The molecule has 92 valence electrons. The van der Waals surface area contributed by atoms with E-state index in [-0.39, 0.29) is 11.5 Å². The minimum Gasteiger partial charge on any atom is -0.327 e. The average Bonchev–Trinajstić information content (AvgIpc) is 2.66. The Labute approximate surface area is 107 Å². The van der Waals surface area contributed by atoms with Gasteiger partial charge in [-0.3, -0.25) is 0 Å². The highest BCUT2D eigenvalue weighted by Crippen LogP contribution is 2.31. The highest BCUT2D eigenvalue weighted by molar-refractivity contribution is 7.18. The number of hydrogen-bond donors (Lipinski definition) is 1. The SMILES string of the molecule is CCC(N)C(C)(C)c1ccc2nc(C)sc2c1. The zero-order valence-electron chi connectivity index (χ0n) is 10.9. The van der Waals surface area contributed by atoms with Gasteiger partial charge in [-0.25, -0.2) is 4.98 Å². The van der Waals surface area contributed by atoms with Crippen molar-refractivity contribution < 1.29 is 0 Å². The van der Waals surface area contributed by atoms with Crippen molar-refractivity contribution in [2.45, 2.75) is 45.6 Å². The summed E-state index contributed by atoms with van der Waals surface area (Å²) in [7, 11) is 0. The number of aryl methyl sites for hydroxylation is 1. The first-order chi connectivity index (χ1) is 7.95. The van der Waals surface area contributed by atoms with Crippen LogP contribution in [0.2, 0.25) is 0 Å². The summed E-state index contributed by atoms with van der Waals surface area (Å²) in [6.45, 7) is 8.63. The quantitative estimate of drug-likeness (QED) is 0.901. The molecule has 2 aromatic rings. The molecule has 2 rings (SSSR count). The summed E-state index contributed by atoms with van der Waals surface area (Å²) in [5.74, 6) is 0. The molecule has 0 spiro atoms. The Morgan fingerprint density at radius 3 is 2.76 bits per heavy atom. The standard InChI is InChI=1S/C14H20N2S/c1-5-13(15)14(3,4)10-6-7-11-12(8-10)17-9(2)16-11/h6-8,13H,5,15H2,1-4H3. The van der Waals surface area contributed by atoms with Gasteiger partial charge in [0.05, 0.1) is 15.2 Å². The Kier molecular flexibility index (Phi) is 3.23. The molecule has 1 aromatic carbocycles. The molecule has 0 aliphatic carbocycles. The van der Waals surface area contributed by atoms with Gasteiger partial charge in [-0.05, 0) is 31.0 Å². The summed E-state index contributed by atoms with van der Waals surface area (Å²) in [5, 5.41) is 1.12. The van der Waals surface area contributed by atoms with Crippen molar-refractivity contribution in [2.24, 2.45) is 5.73 Å². The first-order valence-electron chi connectivity index (χ1n) is 6.08. The largest absolute Gasteiger partial charge is 0.327 e. The van der Waals surface area contributed by atoms with Crippen molar-refractivity contribution >= 4 is 21.6 Å². The molecule has 0 radical (unpaired) electrons. The lowest BCUT2D eigenvalue weighted by atomic mass is 9.77. The van der Waals surface area contributed by atoms with Crippen molar-refractivity contribution in [2.75, 3.05) is 0 Å². The molecular weight excluding hydrogens is 228 g/mol. The Morgan fingerprint density at radius 2 is 2.12 bits per heavy atom. The van der Waals surface area contributed by atoms with Gasteiger partial charge in [0.25, 0.3) is 0 Å². The normalized spacial score (nSPS) is 14.2. The number of aromatic nitrogens is 1. The number of fused-ring (bicyclic) bond motifs is 1. The zero-order valence-corrected chi connectivity index (χ0v) is 11.8. The van der Waals surface area contributed by atoms with Crippen molar-refractivity contribution in [3.05, 3.63) is 28.8 Å². The molecule has 0 aliphatic rings. The lowest BCUT2D eigenvalue weighted by Crippen LogP contribution is -2.40. The minimum atomic E-state index is 0.0147. The maximum atomic E-state index is 6.22. The number of thiazole rings is 1. The van der Waals surface area contributed by atoms with E-state index in [4.69, 9.17) is 5.73 Å². The molecule has 1 aromatic heterocycles. The van der Waals surface area contributed by atoms with Crippen LogP contribution >= 0.6 is 11.3 Å². The third-order valence-electron chi connectivity index (χ3n) is 3.61. The molecule has 2 nitrogen and oxygen atoms in total. The Hall–Kier alpha value is -0.930. The van der Waals surface area contributed by atoms with E-state index in [0.717, 1.165) is 16.9 Å². The van der Waals surface area contributed by atoms with Crippen LogP contribution in [0.5, 0.6) is 0 Å². The summed E-state index contributed by atoms with van der Waals surface area (Å²) in [6.07, 6.45) is 0.993. The van der Waals surface area contributed by atoms with Crippen LogP contribution in [0, 0.1) is 6.92 Å². The van der Waals surface area contributed by atoms with Crippen LogP contribution in [-0.4, -0.2) is 11.0 Å². The fourth-order valence-corrected chi connectivity index (χ4v) is 3.03. The molecule has 1 heterocycles. The number of rotatable bonds is 3. The smallest absolute Gasteiger partial charge is 0.0907 e. The van der Waals surface area contributed by atoms with Crippen LogP contribution in [0.15, 0.2) is 18.2 Å². The number of nitrogens with two attached hydrogens (primary N) is 1. The highest BCUT2D eigenvalue weighted by Gasteiger charge is 2.27. The van der Waals surface area contributed by atoms with Crippen molar-refractivity contribution in [3.8, 4) is 0 Å². The average molecular weight is 248 g/mol. The third kappa shape index (κ3) is 2.22. The summed E-state index contributed by atoms with van der Waals surface area (Å²) in [5.41, 5.74) is 8.64. The molecule has 0 saturated heterocycles. The second-order valence-electron chi connectivity index (χ2n) is 5.15. The summed E-state index contributed by atoms with van der Waals surface area (Å²) in [4.78, 5) is 4.49. The van der Waals surface area contributed by atoms with Gasteiger partial charge in [0.2, 0.25) is 0 Å². The van der Waals surface area contributed by atoms with E-state index in [1.54, 1.807) is 11.3 Å². The van der Waals surface area contributed by atoms with Gasteiger partial charge >= 0.3 is 0 Å². The van der Waals surface area contributed by atoms with Crippen LogP contribution in [0.1, 0.15) is 37.8 Å². The second kappa shape index (κ2) is 4.39. The highest BCUT2D eigenvalue weighted by atomic mass is 32.1. The summed E-state index contributed by atoms with van der Waals surface area (Å²) < 4.78 is 1.26. The Bertz CT molecular complexity index is 528. The molecular formula is C14H20N2S. The van der Waals surface area contributed by atoms with Gasteiger partial charge in [0, 0.05) is 11.5 Å². The fraction of sp³-hybridized carbons (Fsp3) is 0.500. The van der Waals surface area contributed by atoms with E-state index in [1.165, 1.54) is 10.3 Å². The number of benzene rings is 1. The lowest BCUT2D eigenvalue weighted by molar-refractivity contribution is 0.400. The predicted molar refractivity (Wildman–Crippen MR) is 75.6 cm³/mol. The van der Waals surface area contributed by atoms with Crippen molar-refractivity contribution in [1.82, 2.24) is 4.98 Å². The molecule has 0 aliphatic heterocycles. The van der Waals surface area contributed by atoms with Crippen molar-refractivity contribution in [3.63, 3.8) is 0 Å². The molecule has 0 saturated carbocycles. The van der Waals surface area contributed by atoms with Gasteiger partial charge in [-0.1, -0.05) is 26.8 Å². The molecule has 0 fully saturated rings. The molecule has 0 amide bonds. The van der Waals surface area contributed by atoms with Crippen LogP contribution < -0.4 is 5.73 Å². The third-order valence-corrected chi connectivity index (χ3v) is 4.54. The second-order valence-corrected chi connectivity index (χ2v) is 6.39. The number of nitrogens with zero attached hydrogens (tertiary/aromatic N) is 1. The van der Waals surface area contributed by atoms with Crippen LogP contribution in [0.3, 0.4) is 0 Å². The van der Waals surface area contributed by atoms with Crippen LogP contribution in [-0.2, 0) is 5.41 Å². The predicted octanol–water partition coefficient (Wildman–Crippen LogP) is 3.62. The van der Waals surface area contributed by atoms with Gasteiger partial charge in [-0.2, -0.15) is 0 Å². The molecule has 1 atom stereocenters. The first-order valence-corrected chi connectivity index (χ1v) is 6.90. The Balaban J connectivity index is 2.48. The maximum Gasteiger partial charge on any atom is 0.0907 e. The molecule has 1 unspecified atom stereocenters. The topological polar surface area (TPSA) is 38.9 Å². The minimum absolute atomic E-state index is 0.0147. The first kappa shape index (κ1) is 12.5. The fourth-order valence-electron chi connectivity index (χ4n) is 2.16. The van der Waals surface area contributed by atoms with E-state index < -0.39 is 0 Å². The molecule has 2 N–H and O–H groups in total. The van der Waals surface area contributed by atoms with Crippen molar-refractivity contribution in [1.29, 1.82) is 0 Å². The summed E-state index contributed by atoms with van der Waals surface area (Å²) >= 11 is 1.75. The van der Waals surface area contributed by atoms with E-state index in [9.17, 15) is 0 Å². The Morgan fingerprint density at radius 1 is 1.41 bits per heavy atom. The van der Waals surface area contributed by atoms with E-state index in [1.807, 2.05) is 6.92 Å². The van der Waals surface area contributed by atoms with Crippen LogP contribution in [0.4, 0.5) is 0 Å². The van der Waals surface area contributed by atoms with E-state index in [0.29, 0.717) is 0 Å². The van der Waals surface area contributed by atoms with Crippen LogP contribution in [0.25, 0.3) is 10.2 Å². The van der Waals surface area contributed by atoms with Gasteiger partial charge < -0.3 is 5.73 Å². The summed E-state index contributed by atoms with van der Waals surface area (Å²) in [6, 6.07) is 6.71. The monoisotopic (exact) mass is 248 g/mol. The zero-order chi connectivity index (χ0) is 12.6. The van der Waals surface area contributed by atoms with E-state index in [2.05, 4.69) is 44.0 Å².